The third kappa shape index (κ3) is 6.17. The molecule has 1 N–H and O–H groups in total. The molecule has 0 fully saturated rings. The predicted octanol–water partition coefficient (Wildman–Crippen LogP) is 4.72. The van der Waals surface area contributed by atoms with Crippen molar-refractivity contribution in [3.8, 4) is 11.5 Å². The molecule has 1 amide bonds. The minimum atomic E-state index is -0.496. The van der Waals surface area contributed by atoms with E-state index in [4.69, 9.17) is 21.1 Å². The molecule has 0 saturated carbocycles. The van der Waals surface area contributed by atoms with Crippen LogP contribution in [0.3, 0.4) is 0 Å². The summed E-state index contributed by atoms with van der Waals surface area (Å²) >= 11 is 5.93. The van der Waals surface area contributed by atoms with Crippen LogP contribution in [0.2, 0.25) is 5.15 Å². The van der Waals surface area contributed by atoms with Gasteiger partial charge in [-0.25, -0.2) is 10.4 Å². The lowest BCUT2D eigenvalue weighted by Gasteiger charge is -2.16. The summed E-state index contributed by atoms with van der Waals surface area (Å²) in [5.74, 6) is 0.426. The first-order valence-corrected chi connectivity index (χ1v) is 10.4. The number of non-ortho nitro benzene ring substituents is 1. The van der Waals surface area contributed by atoms with Gasteiger partial charge in [-0.05, 0) is 41.8 Å². The average Bonchev–Trinajstić information content (AvgIpc) is 2.83. The summed E-state index contributed by atoms with van der Waals surface area (Å²) in [4.78, 5) is 26.7. The Kier molecular flexibility index (Phi) is 8.31. The molecule has 3 aromatic rings. The smallest absolute Gasteiger partial charge is 0.274 e. The van der Waals surface area contributed by atoms with E-state index in [1.807, 2.05) is 6.07 Å². The number of halogens is 1. The van der Waals surface area contributed by atoms with Crippen LogP contribution in [-0.2, 0) is 13.0 Å². The Labute approximate surface area is 200 Å². The van der Waals surface area contributed by atoms with Crippen LogP contribution in [-0.4, -0.2) is 29.1 Å². The molecule has 0 radical (unpaired) electrons. The molecule has 0 saturated heterocycles. The molecular formula is C24H21ClN4O5. The third-order valence-corrected chi connectivity index (χ3v) is 4.93. The summed E-state index contributed by atoms with van der Waals surface area (Å²) in [6.07, 6.45) is 5.13. The molecule has 0 aliphatic rings. The van der Waals surface area contributed by atoms with Gasteiger partial charge in [0.1, 0.15) is 11.8 Å². The number of rotatable bonds is 10. The van der Waals surface area contributed by atoms with Gasteiger partial charge in [0, 0.05) is 23.9 Å². The van der Waals surface area contributed by atoms with E-state index in [-0.39, 0.29) is 23.0 Å². The summed E-state index contributed by atoms with van der Waals surface area (Å²) in [6, 6.07) is 12.9. The standard InChI is InChI=1S/C24H21ClN4O5/c1-3-6-18-11-17(14-27-28-24(30)20-9-5-10-26-23(20)25)13-21(33-2)22(18)34-15-16-7-4-8-19(12-16)29(31)32/h3-5,7-14H,1,6,15H2,2H3,(H,28,30). The van der Waals surface area contributed by atoms with Gasteiger partial charge >= 0.3 is 0 Å². The highest BCUT2D eigenvalue weighted by Gasteiger charge is 2.14. The first-order chi connectivity index (χ1) is 16.4. The van der Waals surface area contributed by atoms with Crippen molar-refractivity contribution in [3.05, 3.63) is 105 Å². The number of amides is 1. The molecule has 34 heavy (non-hydrogen) atoms. The second kappa shape index (κ2) is 11.6. The van der Waals surface area contributed by atoms with Gasteiger partial charge in [0.2, 0.25) is 0 Å². The number of carbonyl (C=O) groups excluding carboxylic acids is 1. The van der Waals surface area contributed by atoms with Gasteiger partial charge in [-0.1, -0.05) is 29.8 Å². The van der Waals surface area contributed by atoms with Crippen LogP contribution in [0.1, 0.15) is 27.0 Å². The molecular weight excluding hydrogens is 460 g/mol. The van der Waals surface area contributed by atoms with Crippen molar-refractivity contribution >= 4 is 29.4 Å². The fraction of sp³-hybridized carbons (Fsp3) is 0.125. The van der Waals surface area contributed by atoms with Crippen molar-refractivity contribution in [1.82, 2.24) is 10.4 Å². The fourth-order valence-corrected chi connectivity index (χ4v) is 3.28. The maximum Gasteiger partial charge on any atom is 0.274 e. The Morgan fingerprint density at radius 2 is 2.12 bits per heavy atom. The Bertz CT molecular complexity index is 1250. The molecule has 3 rings (SSSR count). The minimum Gasteiger partial charge on any atom is -0.493 e. The Morgan fingerprint density at radius 1 is 1.29 bits per heavy atom. The molecule has 174 valence electrons. The van der Waals surface area contributed by atoms with Crippen molar-refractivity contribution in [1.29, 1.82) is 0 Å². The zero-order chi connectivity index (χ0) is 24.5. The number of hydrogen-bond acceptors (Lipinski definition) is 7. The van der Waals surface area contributed by atoms with E-state index in [1.165, 1.54) is 31.7 Å². The largest absolute Gasteiger partial charge is 0.493 e. The van der Waals surface area contributed by atoms with Crippen LogP contribution in [0.5, 0.6) is 11.5 Å². The third-order valence-electron chi connectivity index (χ3n) is 4.63. The lowest BCUT2D eigenvalue weighted by Crippen LogP contribution is -2.18. The minimum absolute atomic E-state index is 0.0134. The summed E-state index contributed by atoms with van der Waals surface area (Å²) in [6.45, 7) is 3.89. The van der Waals surface area contributed by atoms with Crippen molar-refractivity contribution in [2.45, 2.75) is 13.0 Å². The SMILES string of the molecule is C=CCc1cc(C=NNC(=O)c2cccnc2Cl)cc(OC)c1OCc1cccc([N+](=O)[O-])c1. The zero-order valence-corrected chi connectivity index (χ0v) is 19.0. The van der Waals surface area contributed by atoms with Crippen LogP contribution >= 0.6 is 11.6 Å². The number of nitro benzene ring substituents is 1. The summed E-state index contributed by atoms with van der Waals surface area (Å²) in [5.41, 5.74) is 4.66. The first-order valence-electron chi connectivity index (χ1n) is 10.0. The van der Waals surface area contributed by atoms with Crippen molar-refractivity contribution in [3.63, 3.8) is 0 Å². The molecule has 0 aliphatic carbocycles. The van der Waals surface area contributed by atoms with Crippen LogP contribution < -0.4 is 14.9 Å². The number of carbonyl (C=O) groups is 1. The van der Waals surface area contributed by atoms with Gasteiger partial charge in [-0.15, -0.1) is 6.58 Å². The Balaban J connectivity index is 1.79. The maximum atomic E-state index is 12.2. The second-order valence-corrected chi connectivity index (χ2v) is 7.32. The van der Waals surface area contributed by atoms with E-state index in [0.717, 1.165) is 5.56 Å². The average molecular weight is 481 g/mol. The van der Waals surface area contributed by atoms with Gasteiger partial charge in [-0.2, -0.15) is 5.10 Å². The number of allylic oxidation sites excluding steroid dienone is 1. The van der Waals surface area contributed by atoms with Gasteiger partial charge in [0.25, 0.3) is 11.6 Å². The van der Waals surface area contributed by atoms with Gasteiger partial charge < -0.3 is 9.47 Å². The van der Waals surface area contributed by atoms with E-state index in [2.05, 4.69) is 22.1 Å². The number of methoxy groups -OCH3 is 1. The summed E-state index contributed by atoms with van der Waals surface area (Å²) in [7, 11) is 1.50. The molecule has 0 atom stereocenters. The number of nitrogens with one attached hydrogen (secondary N) is 1. The molecule has 1 heterocycles. The van der Waals surface area contributed by atoms with Crippen LogP contribution in [0, 0.1) is 10.1 Å². The number of nitro groups is 1. The lowest BCUT2D eigenvalue weighted by molar-refractivity contribution is -0.384. The summed E-state index contributed by atoms with van der Waals surface area (Å²) < 4.78 is 11.5. The molecule has 0 aliphatic heterocycles. The van der Waals surface area contributed by atoms with Crippen molar-refractivity contribution in [2.24, 2.45) is 5.10 Å². The number of aromatic nitrogens is 1. The van der Waals surface area contributed by atoms with E-state index in [9.17, 15) is 14.9 Å². The molecule has 2 aromatic carbocycles. The van der Waals surface area contributed by atoms with E-state index in [1.54, 1.807) is 36.4 Å². The zero-order valence-electron chi connectivity index (χ0n) is 18.2. The highest BCUT2D eigenvalue weighted by atomic mass is 35.5. The predicted molar refractivity (Wildman–Crippen MR) is 129 cm³/mol. The number of pyridine rings is 1. The maximum absolute atomic E-state index is 12.2. The summed E-state index contributed by atoms with van der Waals surface area (Å²) in [5, 5.41) is 15.1. The molecule has 0 bridgehead atoms. The fourth-order valence-electron chi connectivity index (χ4n) is 3.08. The highest BCUT2D eigenvalue weighted by molar-refractivity contribution is 6.32. The lowest BCUT2D eigenvalue weighted by atomic mass is 10.1. The molecule has 1 aromatic heterocycles. The number of ether oxygens (including phenoxy) is 2. The van der Waals surface area contributed by atoms with E-state index in [0.29, 0.717) is 29.0 Å². The number of nitrogens with zero attached hydrogens (tertiary/aromatic N) is 3. The van der Waals surface area contributed by atoms with Crippen molar-refractivity contribution in [2.75, 3.05) is 7.11 Å². The number of benzene rings is 2. The number of hydrogen-bond donors (Lipinski definition) is 1. The molecule has 0 spiro atoms. The van der Waals surface area contributed by atoms with Gasteiger partial charge in [0.05, 0.1) is 23.8 Å². The van der Waals surface area contributed by atoms with Crippen LogP contribution in [0.4, 0.5) is 5.69 Å². The van der Waals surface area contributed by atoms with Crippen LogP contribution in [0.15, 0.2) is 72.5 Å². The van der Waals surface area contributed by atoms with Gasteiger partial charge in [-0.3, -0.25) is 14.9 Å². The normalized spacial score (nSPS) is 10.6. The van der Waals surface area contributed by atoms with Crippen LogP contribution in [0.25, 0.3) is 0 Å². The quantitative estimate of drug-likeness (QED) is 0.147. The highest BCUT2D eigenvalue weighted by Crippen LogP contribution is 2.34. The van der Waals surface area contributed by atoms with E-state index >= 15 is 0 Å². The second-order valence-electron chi connectivity index (χ2n) is 6.96. The number of hydrazone groups is 1. The topological polar surface area (TPSA) is 116 Å². The van der Waals surface area contributed by atoms with Crippen molar-refractivity contribution < 1.29 is 19.2 Å². The first kappa shape index (κ1) is 24.4. The molecule has 9 nitrogen and oxygen atoms in total. The molecule has 0 unspecified atom stereocenters. The molecule has 10 heteroatoms. The Hall–Kier alpha value is -4.24. The Morgan fingerprint density at radius 3 is 2.82 bits per heavy atom. The van der Waals surface area contributed by atoms with Gasteiger partial charge in [0.15, 0.2) is 11.5 Å². The monoisotopic (exact) mass is 480 g/mol. The van der Waals surface area contributed by atoms with E-state index < -0.39 is 10.8 Å².